The Hall–Kier alpha value is -1.52. The van der Waals surface area contributed by atoms with Crippen LogP contribution in [0.3, 0.4) is 0 Å². The van der Waals surface area contributed by atoms with Crippen molar-refractivity contribution in [1.82, 2.24) is 10.5 Å². The van der Waals surface area contributed by atoms with Gasteiger partial charge in [-0.15, -0.1) is 0 Å². The Morgan fingerprint density at radius 2 is 2.18 bits per heavy atom. The van der Waals surface area contributed by atoms with Gasteiger partial charge >= 0.3 is 0 Å². The third-order valence-electron chi connectivity index (χ3n) is 1.64. The third-order valence-corrected chi connectivity index (χ3v) is 1.64. The van der Waals surface area contributed by atoms with Crippen molar-refractivity contribution in [2.24, 2.45) is 0 Å². The molecule has 1 aromatic rings. The number of H-pyrrole nitrogens is 1. The number of fused-ring (bicyclic) bond motifs is 1. The lowest BCUT2D eigenvalue weighted by atomic mass is 10.1. The van der Waals surface area contributed by atoms with Crippen LogP contribution in [0.15, 0.2) is 9.32 Å². The van der Waals surface area contributed by atoms with Gasteiger partial charge in [-0.05, 0) is 0 Å². The zero-order valence-corrected chi connectivity index (χ0v) is 5.64. The van der Waals surface area contributed by atoms with Crippen LogP contribution in [0.5, 0.6) is 0 Å². The number of aromatic amines is 1. The fraction of sp³-hybridized carbons (Fsp3) is 0.333. The summed E-state index contributed by atoms with van der Waals surface area (Å²) in [4.78, 5) is 21.8. The maximum absolute atomic E-state index is 11.0. The van der Waals surface area contributed by atoms with Crippen LogP contribution in [0.25, 0.3) is 0 Å². The minimum atomic E-state index is -0.447. The van der Waals surface area contributed by atoms with Gasteiger partial charge in [-0.25, -0.2) is 0 Å². The smallest absolute Gasteiger partial charge is 0.293 e. The highest BCUT2D eigenvalue weighted by Crippen LogP contribution is 2.07. The molecular formula is C6H6N2O3. The largest absolute Gasteiger partial charge is 0.383 e. The normalized spacial score (nSPS) is 15.8. The van der Waals surface area contributed by atoms with Crippen LogP contribution in [0.4, 0.5) is 0 Å². The molecule has 58 valence electrons. The number of nitrogens with one attached hydrogen (secondary N) is 2. The summed E-state index contributed by atoms with van der Waals surface area (Å²) in [5.74, 6) is 0.111. The number of rotatable bonds is 0. The fourth-order valence-corrected chi connectivity index (χ4v) is 1.12. The number of amides is 1. The molecule has 1 aliphatic rings. The third kappa shape index (κ3) is 0.772. The van der Waals surface area contributed by atoms with Crippen LogP contribution in [0.1, 0.15) is 16.1 Å². The minimum absolute atomic E-state index is 0.122. The lowest BCUT2D eigenvalue weighted by molar-refractivity contribution is 0.0941. The van der Waals surface area contributed by atoms with Gasteiger partial charge in [0.15, 0.2) is 5.76 Å². The lowest BCUT2D eigenvalue weighted by Gasteiger charge is -2.07. The molecule has 0 fully saturated rings. The zero-order chi connectivity index (χ0) is 7.84. The van der Waals surface area contributed by atoms with Gasteiger partial charge < -0.3 is 9.84 Å². The Morgan fingerprint density at radius 3 is 2.91 bits per heavy atom. The van der Waals surface area contributed by atoms with Gasteiger partial charge in [0.05, 0.1) is 0 Å². The molecule has 0 aliphatic carbocycles. The van der Waals surface area contributed by atoms with Crippen LogP contribution < -0.4 is 10.9 Å². The average Bonchev–Trinajstić information content (AvgIpc) is 2.34. The van der Waals surface area contributed by atoms with Gasteiger partial charge in [-0.1, -0.05) is 0 Å². The molecule has 5 heteroatoms. The molecule has 0 atom stereocenters. The Kier molecular flexibility index (Phi) is 1.12. The van der Waals surface area contributed by atoms with Gasteiger partial charge in [-0.2, -0.15) is 5.16 Å². The molecule has 11 heavy (non-hydrogen) atoms. The molecule has 2 N–H and O–H groups in total. The van der Waals surface area contributed by atoms with E-state index in [9.17, 15) is 9.59 Å². The first-order valence-electron chi connectivity index (χ1n) is 3.27. The van der Waals surface area contributed by atoms with Crippen molar-refractivity contribution >= 4 is 5.91 Å². The fourth-order valence-electron chi connectivity index (χ4n) is 1.12. The first kappa shape index (κ1) is 6.21. The van der Waals surface area contributed by atoms with E-state index in [1.807, 2.05) is 0 Å². The Balaban J connectivity index is 2.66. The van der Waals surface area contributed by atoms with Crippen molar-refractivity contribution in [3.05, 3.63) is 21.7 Å². The van der Waals surface area contributed by atoms with Crippen molar-refractivity contribution in [2.45, 2.75) is 6.42 Å². The summed E-state index contributed by atoms with van der Waals surface area (Å²) in [6.07, 6.45) is 0.583. The molecule has 0 aromatic carbocycles. The summed E-state index contributed by atoms with van der Waals surface area (Å²) in [6, 6.07) is 0. The highest BCUT2D eigenvalue weighted by Gasteiger charge is 2.23. The van der Waals surface area contributed by atoms with E-state index in [0.717, 1.165) is 0 Å². The first-order chi connectivity index (χ1) is 5.29. The van der Waals surface area contributed by atoms with Crippen LogP contribution in [-0.2, 0) is 6.42 Å². The number of aromatic nitrogens is 1. The number of hydrogen-bond donors (Lipinski definition) is 2. The molecule has 0 saturated heterocycles. The zero-order valence-electron chi connectivity index (χ0n) is 5.64. The van der Waals surface area contributed by atoms with Gasteiger partial charge in [0.2, 0.25) is 0 Å². The number of carbonyl (C=O) groups is 1. The Bertz CT molecular complexity index is 349. The van der Waals surface area contributed by atoms with Crippen LogP contribution in [-0.4, -0.2) is 17.6 Å². The molecular weight excluding hydrogens is 148 g/mol. The van der Waals surface area contributed by atoms with Crippen molar-refractivity contribution in [1.29, 1.82) is 0 Å². The van der Waals surface area contributed by atoms with E-state index in [-0.39, 0.29) is 11.5 Å². The molecule has 0 spiro atoms. The molecule has 0 saturated carbocycles. The van der Waals surface area contributed by atoms with Crippen molar-refractivity contribution in [2.75, 3.05) is 6.54 Å². The molecule has 2 rings (SSSR count). The maximum atomic E-state index is 11.0. The summed E-state index contributed by atoms with van der Waals surface area (Å²) in [7, 11) is 0. The predicted octanol–water partition coefficient (Wildman–Crippen LogP) is -0.746. The van der Waals surface area contributed by atoms with E-state index in [1.165, 1.54) is 0 Å². The summed E-state index contributed by atoms with van der Waals surface area (Å²) in [5, 5.41) is 4.66. The van der Waals surface area contributed by atoms with Crippen molar-refractivity contribution in [3.8, 4) is 0 Å². The second kappa shape index (κ2) is 1.98. The van der Waals surface area contributed by atoms with Crippen molar-refractivity contribution in [3.63, 3.8) is 0 Å². The van der Waals surface area contributed by atoms with E-state index < -0.39 is 5.56 Å². The molecule has 1 aromatic heterocycles. The summed E-state index contributed by atoms with van der Waals surface area (Å²) < 4.78 is 4.76. The van der Waals surface area contributed by atoms with Gasteiger partial charge in [0.25, 0.3) is 11.5 Å². The first-order valence-corrected chi connectivity index (χ1v) is 3.27. The monoisotopic (exact) mass is 154 g/mol. The quantitative estimate of drug-likeness (QED) is 0.516. The van der Waals surface area contributed by atoms with E-state index >= 15 is 0 Å². The topological polar surface area (TPSA) is 75.1 Å². The highest BCUT2D eigenvalue weighted by molar-refractivity contribution is 5.95. The molecule has 0 unspecified atom stereocenters. The van der Waals surface area contributed by atoms with Gasteiger partial charge in [0, 0.05) is 13.0 Å². The summed E-state index contributed by atoms with van der Waals surface area (Å²) >= 11 is 0. The van der Waals surface area contributed by atoms with Crippen molar-refractivity contribution < 1.29 is 9.32 Å². The van der Waals surface area contributed by atoms with Gasteiger partial charge in [-0.3, -0.25) is 9.59 Å². The number of carbonyl (C=O) groups excluding carboxylic acids is 1. The second-order valence-electron chi connectivity index (χ2n) is 2.34. The van der Waals surface area contributed by atoms with E-state index in [0.29, 0.717) is 18.7 Å². The average molecular weight is 154 g/mol. The molecule has 1 amide bonds. The second-order valence-corrected chi connectivity index (χ2v) is 2.34. The van der Waals surface area contributed by atoms with Crippen LogP contribution in [0, 0.1) is 0 Å². The molecule has 2 heterocycles. The SMILES string of the molecule is O=C1NCCc2o[nH]c(=O)c21. The Morgan fingerprint density at radius 1 is 1.36 bits per heavy atom. The van der Waals surface area contributed by atoms with Crippen LogP contribution >= 0.6 is 0 Å². The molecule has 5 nitrogen and oxygen atoms in total. The summed E-state index contributed by atoms with van der Waals surface area (Å²) in [5.41, 5.74) is -0.326. The Labute approximate surface area is 61.4 Å². The molecule has 1 aliphatic heterocycles. The summed E-state index contributed by atoms with van der Waals surface area (Å²) in [6.45, 7) is 0.534. The van der Waals surface area contributed by atoms with Gasteiger partial charge in [0.1, 0.15) is 5.56 Å². The van der Waals surface area contributed by atoms with E-state index in [4.69, 9.17) is 4.52 Å². The van der Waals surface area contributed by atoms with E-state index in [1.54, 1.807) is 0 Å². The standard InChI is InChI=1S/C6H6N2O3/c9-5-4-3(1-2-7-5)11-8-6(4)10/h1-2H2,(H,7,9)(H,8,10). The predicted molar refractivity (Wildman–Crippen MR) is 35.4 cm³/mol. The van der Waals surface area contributed by atoms with Crippen LogP contribution in [0.2, 0.25) is 0 Å². The minimum Gasteiger partial charge on any atom is -0.383 e. The highest BCUT2D eigenvalue weighted by atomic mass is 16.5. The lowest BCUT2D eigenvalue weighted by Crippen LogP contribution is -2.34. The molecule has 0 radical (unpaired) electrons. The van der Waals surface area contributed by atoms with E-state index in [2.05, 4.69) is 10.5 Å². The number of hydrogen-bond acceptors (Lipinski definition) is 3. The molecule has 0 bridgehead atoms. The maximum Gasteiger partial charge on any atom is 0.293 e.